The Morgan fingerprint density at radius 2 is 1.56 bits per heavy atom. The Bertz CT molecular complexity index is 761. The van der Waals surface area contributed by atoms with Crippen LogP contribution < -0.4 is 4.90 Å². The number of piperidine rings is 1. The first kappa shape index (κ1) is 17.3. The topological polar surface area (TPSA) is 15.7 Å². The maximum Gasteiger partial charge on any atom is 0.0480 e. The van der Waals surface area contributed by atoms with E-state index >= 15 is 0 Å². The van der Waals surface area contributed by atoms with Gasteiger partial charge in [0.2, 0.25) is 0 Å². The van der Waals surface area contributed by atoms with Crippen LogP contribution in [-0.2, 0) is 16.7 Å². The highest BCUT2D eigenvalue weighted by molar-refractivity contribution is 5.52. The summed E-state index contributed by atoms with van der Waals surface area (Å²) in [6.07, 6.45) is 4.95. The lowest BCUT2D eigenvalue weighted by molar-refractivity contribution is 0.0171. The van der Waals surface area contributed by atoms with Crippen LogP contribution in [0.25, 0.3) is 0 Å². The molecule has 3 nitrogen and oxygen atoms in total. The molecule has 3 heteroatoms. The summed E-state index contributed by atoms with van der Waals surface area (Å²) in [5, 5.41) is 0. The van der Waals surface area contributed by atoms with Crippen molar-refractivity contribution < 1.29 is 4.74 Å². The molecule has 27 heavy (non-hydrogen) atoms. The van der Waals surface area contributed by atoms with Gasteiger partial charge in [-0.1, -0.05) is 42.5 Å². The van der Waals surface area contributed by atoms with Crippen LogP contribution >= 0.6 is 0 Å². The SMILES string of the molecule is c1ccc(N2Cc3ccccc3C3(CCN(C4CCOCC4)CC3)C2)cc1. The predicted molar refractivity (Wildman–Crippen MR) is 110 cm³/mol. The largest absolute Gasteiger partial charge is 0.381 e. The molecule has 142 valence electrons. The Morgan fingerprint density at radius 3 is 2.33 bits per heavy atom. The Kier molecular flexibility index (Phi) is 4.66. The Labute approximate surface area is 162 Å². The zero-order chi connectivity index (χ0) is 18.1. The lowest BCUT2D eigenvalue weighted by Gasteiger charge is -2.51. The molecule has 0 radical (unpaired) electrons. The van der Waals surface area contributed by atoms with Crippen molar-refractivity contribution in [2.45, 2.75) is 43.7 Å². The number of rotatable bonds is 2. The fraction of sp³-hybridized carbons (Fsp3) is 0.500. The average Bonchev–Trinajstić information content (AvgIpc) is 2.76. The molecule has 2 aromatic rings. The lowest BCUT2D eigenvalue weighted by Crippen LogP contribution is -2.54. The Morgan fingerprint density at radius 1 is 0.852 bits per heavy atom. The third-order valence-corrected chi connectivity index (χ3v) is 7.03. The first-order chi connectivity index (χ1) is 13.3. The highest BCUT2D eigenvalue weighted by Crippen LogP contribution is 2.43. The summed E-state index contributed by atoms with van der Waals surface area (Å²) in [5.74, 6) is 0. The zero-order valence-electron chi connectivity index (χ0n) is 16.1. The van der Waals surface area contributed by atoms with Gasteiger partial charge in [-0.15, -0.1) is 0 Å². The zero-order valence-corrected chi connectivity index (χ0v) is 16.1. The normalized spacial score (nSPS) is 23.3. The van der Waals surface area contributed by atoms with Crippen molar-refractivity contribution in [1.29, 1.82) is 0 Å². The van der Waals surface area contributed by atoms with E-state index in [0.29, 0.717) is 5.41 Å². The van der Waals surface area contributed by atoms with Crippen LogP contribution in [0.5, 0.6) is 0 Å². The summed E-state index contributed by atoms with van der Waals surface area (Å²) in [5.41, 5.74) is 4.79. The summed E-state index contributed by atoms with van der Waals surface area (Å²) in [6, 6.07) is 20.9. The standard InChI is InChI=1S/C24H30N2O/c1-2-7-21(8-3-1)26-18-20-6-4-5-9-23(20)24(19-26)12-14-25(15-13-24)22-10-16-27-17-11-22/h1-9,22H,10-19H2. The summed E-state index contributed by atoms with van der Waals surface area (Å²) in [7, 11) is 0. The number of fused-ring (bicyclic) bond motifs is 2. The van der Waals surface area contributed by atoms with Gasteiger partial charge in [-0.05, 0) is 62.0 Å². The molecule has 0 N–H and O–H groups in total. The minimum absolute atomic E-state index is 0.298. The molecular weight excluding hydrogens is 332 g/mol. The highest BCUT2D eigenvalue weighted by atomic mass is 16.5. The number of hydrogen-bond acceptors (Lipinski definition) is 3. The van der Waals surface area contributed by atoms with Gasteiger partial charge < -0.3 is 14.5 Å². The summed E-state index contributed by atoms with van der Waals surface area (Å²) in [6.45, 7) is 6.51. The molecule has 0 aromatic heterocycles. The van der Waals surface area contributed by atoms with Gasteiger partial charge in [0.05, 0.1) is 0 Å². The predicted octanol–water partition coefficient (Wildman–Crippen LogP) is 4.22. The van der Waals surface area contributed by atoms with E-state index in [0.717, 1.165) is 32.3 Å². The number of para-hydroxylation sites is 1. The monoisotopic (exact) mass is 362 g/mol. The third-order valence-electron chi connectivity index (χ3n) is 7.03. The Hall–Kier alpha value is -1.84. The maximum atomic E-state index is 5.58. The van der Waals surface area contributed by atoms with E-state index in [1.807, 2.05) is 0 Å². The second kappa shape index (κ2) is 7.29. The molecule has 0 bridgehead atoms. The van der Waals surface area contributed by atoms with E-state index in [2.05, 4.69) is 64.4 Å². The molecule has 2 aromatic carbocycles. The molecule has 0 amide bonds. The fourth-order valence-electron chi connectivity index (χ4n) is 5.50. The molecule has 3 aliphatic heterocycles. The minimum Gasteiger partial charge on any atom is -0.381 e. The van der Waals surface area contributed by atoms with Crippen LogP contribution in [0.4, 0.5) is 5.69 Å². The first-order valence-electron chi connectivity index (χ1n) is 10.5. The Balaban J connectivity index is 1.40. The van der Waals surface area contributed by atoms with Crippen molar-refractivity contribution in [2.24, 2.45) is 0 Å². The molecule has 2 fully saturated rings. The molecule has 3 heterocycles. The van der Waals surface area contributed by atoms with Gasteiger partial charge in [-0.25, -0.2) is 0 Å². The average molecular weight is 363 g/mol. The number of ether oxygens (including phenoxy) is 1. The molecule has 0 unspecified atom stereocenters. The first-order valence-corrected chi connectivity index (χ1v) is 10.5. The summed E-state index contributed by atoms with van der Waals surface area (Å²) < 4.78 is 5.58. The number of benzene rings is 2. The van der Waals surface area contributed by atoms with Crippen LogP contribution in [0, 0.1) is 0 Å². The molecule has 0 atom stereocenters. The van der Waals surface area contributed by atoms with Crippen LogP contribution in [0.15, 0.2) is 54.6 Å². The summed E-state index contributed by atoms with van der Waals surface area (Å²) >= 11 is 0. The van der Waals surface area contributed by atoms with Gasteiger partial charge in [-0.2, -0.15) is 0 Å². The number of nitrogens with zero attached hydrogens (tertiary/aromatic N) is 2. The number of likely N-dealkylation sites (tertiary alicyclic amines) is 1. The van der Waals surface area contributed by atoms with E-state index in [9.17, 15) is 0 Å². The van der Waals surface area contributed by atoms with Crippen LogP contribution in [0.2, 0.25) is 0 Å². The van der Waals surface area contributed by atoms with Gasteiger partial charge >= 0.3 is 0 Å². The lowest BCUT2D eigenvalue weighted by atomic mass is 9.68. The van der Waals surface area contributed by atoms with Gasteiger partial charge in [-0.3, -0.25) is 0 Å². The maximum absolute atomic E-state index is 5.58. The molecule has 3 aliphatic rings. The molecule has 5 rings (SSSR count). The molecule has 0 aliphatic carbocycles. The van der Waals surface area contributed by atoms with Gasteiger partial charge in [0.15, 0.2) is 0 Å². The smallest absolute Gasteiger partial charge is 0.0480 e. The van der Waals surface area contributed by atoms with Crippen LogP contribution in [0.3, 0.4) is 0 Å². The summed E-state index contributed by atoms with van der Waals surface area (Å²) in [4.78, 5) is 5.35. The number of hydrogen-bond donors (Lipinski definition) is 0. The van der Waals surface area contributed by atoms with Crippen molar-refractivity contribution in [3.05, 3.63) is 65.7 Å². The van der Waals surface area contributed by atoms with E-state index in [4.69, 9.17) is 4.74 Å². The van der Waals surface area contributed by atoms with E-state index < -0.39 is 0 Å². The van der Waals surface area contributed by atoms with E-state index in [1.165, 1.54) is 50.0 Å². The molecular formula is C24H30N2O. The second-order valence-electron chi connectivity index (χ2n) is 8.51. The fourth-order valence-corrected chi connectivity index (χ4v) is 5.50. The van der Waals surface area contributed by atoms with E-state index in [1.54, 1.807) is 5.56 Å². The second-order valence-corrected chi connectivity index (χ2v) is 8.51. The highest BCUT2D eigenvalue weighted by Gasteiger charge is 2.43. The van der Waals surface area contributed by atoms with Crippen molar-refractivity contribution in [3.8, 4) is 0 Å². The molecule has 1 spiro atoms. The quantitative estimate of drug-likeness (QED) is 0.795. The van der Waals surface area contributed by atoms with Crippen molar-refractivity contribution in [2.75, 3.05) is 37.7 Å². The van der Waals surface area contributed by atoms with Gasteiger partial charge in [0.25, 0.3) is 0 Å². The number of anilines is 1. The van der Waals surface area contributed by atoms with Gasteiger partial charge in [0, 0.05) is 43.4 Å². The van der Waals surface area contributed by atoms with Crippen molar-refractivity contribution in [1.82, 2.24) is 4.90 Å². The van der Waals surface area contributed by atoms with E-state index in [-0.39, 0.29) is 0 Å². The van der Waals surface area contributed by atoms with Gasteiger partial charge in [0.1, 0.15) is 0 Å². The minimum atomic E-state index is 0.298. The molecule has 2 saturated heterocycles. The van der Waals surface area contributed by atoms with Crippen molar-refractivity contribution in [3.63, 3.8) is 0 Å². The van der Waals surface area contributed by atoms with Crippen LogP contribution in [-0.4, -0.2) is 43.8 Å². The van der Waals surface area contributed by atoms with Crippen molar-refractivity contribution >= 4 is 5.69 Å². The van der Waals surface area contributed by atoms with Crippen LogP contribution in [0.1, 0.15) is 36.8 Å². The third kappa shape index (κ3) is 3.28. The molecule has 0 saturated carbocycles.